The van der Waals surface area contributed by atoms with E-state index in [2.05, 4.69) is 10.1 Å². The van der Waals surface area contributed by atoms with Gasteiger partial charge in [0.2, 0.25) is 0 Å². The number of nitrogens with one attached hydrogen (secondary N) is 1. The lowest BCUT2D eigenvalue weighted by Gasteiger charge is -2.09. The fourth-order valence-electron chi connectivity index (χ4n) is 0.913. The Morgan fingerprint density at radius 1 is 1.40 bits per heavy atom. The van der Waals surface area contributed by atoms with Gasteiger partial charge in [-0.15, -0.1) is 13.2 Å². The quantitative estimate of drug-likeness (QED) is 0.801. The second-order valence-electron chi connectivity index (χ2n) is 2.56. The monoisotopic (exact) mass is 220 g/mol. The van der Waals surface area contributed by atoms with Crippen molar-refractivity contribution in [2.75, 3.05) is 5.32 Å². The number of carbonyl (C=O) groups excluding carboxylic acids is 1. The summed E-state index contributed by atoms with van der Waals surface area (Å²) in [6, 6.07) is 3.94. The third-order valence-corrected chi connectivity index (χ3v) is 1.34. The molecule has 0 heterocycles. The van der Waals surface area contributed by atoms with Gasteiger partial charge in [0, 0.05) is 11.8 Å². The number of primary amides is 1. The molecule has 1 aromatic carbocycles. The summed E-state index contributed by atoms with van der Waals surface area (Å²) in [7, 11) is 0. The van der Waals surface area contributed by atoms with E-state index in [1.807, 2.05) is 0 Å². The summed E-state index contributed by atoms with van der Waals surface area (Å²) >= 11 is 0. The highest BCUT2D eigenvalue weighted by Gasteiger charge is 2.31. The molecule has 0 unspecified atom stereocenters. The van der Waals surface area contributed by atoms with Gasteiger partial charge in [-0.05, 0) is 12.1 Å². The second kappa shape index (κ2) is 4.07. The van der Waals surface area contributed by atoms with Crippen LogP contribution in [0.5, 0.6) is 5.75 Å². The van der Waals surface area contributed by atoms with E-state index in [-0.39, 0.29) is 5.69 Å². The Hall–Kier alpha value is -1.92. The van der Waals surface area contributed by atoms with Crippen molar-refractivity contribution in [1.29, 1.82) is 0 Å². The molecule has 0 atom stereocenters. The van der Waals surface area contributed by atoms with E-state index in [0.717, 1.165) is 12.1 Å². The maximum absolute atomic E-state index is 11.8. The number of rotatable bonds is 2. The van der Waals surface area contributed by atoms with Crippen molar-refractivity contribution in [2.24, 2.45) is 5.73 Å². The van der Waals surface area contributed by atoms with Gasteiger partial charge >= 0.3 is 12.4 Å². The van der Waals surface area contributed by atoms with Crippen molar-refractivity contribution in [1.82, 2.24) is 0 Å². The van der Waals surface area contributed by atoms with Crippen LogP contribution in [0.2, 0.25) is 0 Å². The van der Waals surface area contributed by atoms with E-state index in [1.165, 1.54) is 12.1 Å². The molecule has 0 saturated carbocycles. The van der Waals surface area contributed by atoms with E-state index >= 15 is 0 Å². The summed E-state index contributed by atoms with van der Waals surface area (Å²) in [4.78, 5) is 10.4. The van der Waals surface area contributed by atoms with Crippen molar-refractivity contribution in [3.63, 3.8) is 0 Å². The minimum atomic E-state index is -4.76. The predicted molar refractivity (Wildman–Crippen MR) is 46.3 cm³/mol. The number of anilines is 1. The Labute approximate surface area is 82.8 Å². The molecule has 0 aliphatic carbocycles. The number of hydrogen-bond donors (Lipinski definition) is 2. The van der Waals surface area contributed by atoms with Gasteiger partial charge in [-0.25, -0.2) is 4.79 Å². The number of carbonyl (C=O) groups is 1. The van der Waals surface area contributed by atoms with Crippen LogP contribution in [0.1, 0.15) is 0 Å². The second-order valence-corrected chi connectivity index (χ2v) is 2.56. The summed E-state index contributed by atoms with van der Waals surface area (Å²) in [5.41, 5.74) is 4.92. The maximum Gasteiger partial charge on any atom is 0.573 e. The number of benzene rings is 1. The Morgan fingerprint density at radius 3 is 2.60 bits per heavy atom. The first-order chi connectivity index (χ1) is 6.87. The Bertz CT molecular complexity index is 365. The van der Waals surface area contributed by atoms with Crippen LogP contribution in [0.3, 0.4) is 0 Å². The van der Waals surface area contributed by atoms with Crippen molar-refractivity contribution in [3.05, 3.63) is 24.3 Å². The Kier molecular flexibility index (Phi) is 3.03. The van der Waals surface area contributed by atoms with Crippen molar-refractivity contribution < 1.29 is 22.7 Å². The SMILES string of the molecule is NC(=O)Nc1cccc(OC(F)(F)F)c1. The normalized spacial score (nSPS) is 10.9. The number of urea groups is 1. The lowest BCUT2D eigenvalue weighted by molar-refractivity contribution is -0.274. The Morgan fingerprint density at radius 2 is 2.07 bits per heavy atom. The molecule has 0 saturated heterocycles. The predicted octanol–water partition coefficient (Wildman–Crippen LogP) is 2.08. The molecule has 1 rings (SSSR count). The smallest absolute Gasteiger partial charge is 0.406 e. The van der Waals surface area contributed by atoms with E-state index in [4.69, 9.17) is 5.73 Å². The number of alkyl halides is 3. The zero-order valence-corrected chi connectivity index (χ0v) is 7.34. The average Bonchev–Trinajstić information content (AvgIpc) is 1.99. The molecule has 4 nitrogen and oxygen atoms in total. The molecule has 0 aromatic heterocycles. The molecule has 7 heteroatoms. The van der Waals surface area contributed by atoms with Gasteiger partial charge in [-0.1, -0.05) is 6.07 Å². The molecule has 3 N–H and O–H groups in total. The van der Waals surface area contributed by atoms with Crippen LogP contribution in [-0.2, 0) is 0 Å². The molecule has 1 aromatic rings. The van der Waals surface area contributed by atoms with Crippen molar-refractivity contribution >= 4 is 11.7 Å². The molecule has 0 radical (unpaired) electrons. The summed E-state index contributed by atoms with van der Waals surface area (Å²) in [5, 5.41) is 2.12. The van der Waals surface area contributed by atoms with E-state index < -0.39 is 18.1 Å². The summed E-state index contributed by atoms with van der Waals surface area (Å²) < 4.78 is 39.0. The first kappa shape index (κ1) is 11.2. The molecule has 0 fully saturated rings. The Balaban J connectivity index is 2.79. The minimum Gasteiger partial charge on any atom is -0.406 e. The van der Waals surface area contributed by atoms with Crippen LogP contribution < -0.4 is 15.8 Å². The molecule has 82 valence electrons. The number of ether oxygens (including phenoxy) is 1. The van der Waals surface area contributed by atoms with Crippen LogP contribution in [-0.4, -0.2) is 12.4 Å². The van der Waals surface area contributed by atoms with Gasteiger partial charge in [0.1, 0.15) is 5.75 Å². The molecular formula is C8H7F3N2O2. The molecular weight excluding hydrogens is 213 g/mol. The van der Waals surface area contributed by atoms with E-state index in [9.17, 15) is 18.0 Å². The van der Waals surface area contributed by atoms with Crippen molar-refractivity contribution in [2.45, 2.75) is 6.36 Å². The number of nitrogens with two attached hydrogens (primary N) is 1. The topological polar surface area (TPSA) is 64.4 Å². The first-order valence-electron chi connectivity index (χ1n) is 3.79. The van der Waals surface area contributed by atoms with Crippen LogP contribution in [0.4, 0.5) is 23.7 Å². The third-order valence-electron chi connectivity index (χ3n) is 1.34. The fraction of sp³-hybridized carbons (Fsp3) is 0.125. The van der Waals surface area contributed by atoms with Crippen LogP contribution >= 0.6 is 0 Å². The van der Waals surface area contributed by atoms with Crippen LogP contribution in [0, 0.1) is 0 Å². The number of hydrogen-bond acceptors (Lipinski definition) is 2. The molecule has 0 bridgehead atoms. The maximum atomic E-state index is 11.8. The lowest BCUT2D eigenvalue weighted by atomic mass is 10.3. The standard InChI is InChI=1S/C8H7F3N2O2/c9-8(10,11)15-6-3-1-2-5(4-6)13-7(12)14/h1-4H,(H3,12,13,14). The first-order valence-corrected chi connectivity index (χ1v) is 3.79. The highest BCUT2D eigenvalue weighted by Crippen LogP contribution is 2.24. The van der Waals surface area contributed by atoms with Gasteiger partial charge in [0.05, 0.1) is 0 Å². The zero-order valence-electron chi connectivity index (χ0n) is 7.34. The molecule has 15 heavy (non-hydrogen) atoms. The molecule has 0 aliphatic rings. The molecule has 0 aliphatic heterocycles. The summed E-state index contributed by atoms with van der Waals surface area (Å²) in [6.45, 7) is 0. The van der Waals surface area contributed by atoms with Gasteiger partial charge in [0.15, 0.2) is 0 Å². The lowest BCUT2D eigenvalue weighted by Crippen LogP contribution is -2.20. The van der Waals surface area contributed by atoms with Crippen LogP contribution in [0.15, 0.2) is 24.3 Å². The van der Waals surface area contributed by atoms with Crippen molar-refractivity contribution in [3.8, 4) is 5.75 Å². The van der Waals surface area contributed by atoms with Gasteiger partial charge in [-0.2, -0.15) is 0 Å². The molecule has 0 spiro atoms. The minimum absolute atomic E-state index is 0.129. The highest BCUT2D eigenvalue weighted by atomic mass is 19.4. The number of halogens is 3. The van der Waals surface area contributed by atoms with Crippen LogP contribution in [0.25, 0.3) is 0 Å². The molecule has 2 amide bonds. The summed E-state index contributed by atoms with van der Waals surface area (Å²) in [5.74, 6) is -0.422. The summed E-state index contributed by atoms with van der Waals surface area (Å²) in [6.07, 6.45) is -4.76. The fourth-order valence-corrected chi connectivity index (χ4v) is 0.913. The van der Waals surface area contributed by atoms with E-state index in [1.54, 1.807) is 0 Å². The largest absolute Gasteiger partial charge is 0.573 e. The van der Waals surface area contributed by atoms with Gasteiger partial charge < -0.3 is 15.8 Å². The van der Waals surface area contributed by atoms with Gasteiger partial charge in [0.25, 0.3) is 0 Å². The average molecular weight is 220 g/mol. The van der Waals surface area contributed by atoms with Gasteiger partial charge in [-0.3, -0.25) is 0 Å². The third kappa shape index (κ3) is 4.21. The van der Waals surface area contributed by atoms with E-state index in [0.29, 0.717) is 0 Å². The highest BCUT2D eigenvalue weighted by molar-refractivity contribution is 5.87. The zero-order chi connectivity index (χ0) is 11.5. The number of amides is 2.